The van der Waals surface area contributed by atoms with Crippen LogP contribution in [0.3, 0.4) is 0 Å². The number of aryl methyl sites for hydroxylation is 1. The molecule has 0 saturated heterocycles. The van der Waals surface area contributed by atoms with Gasteiger partial charge in [-0.2, -0.15) is 13.2 Å². The summed E-state index contributed by atoms with van der Waals surface area (Å²) in [4.78, 5) is 3.79. The minimum atomic E-state index is -4.38. The molecule has 0 radical (unpaired) electrons. The van der Waals surface area contributed by atoms with Crippen LogP contribution in [0, 0.1) is 6.92 Å². The van der Waals surface area contributed by atoms with Crippen LogP contribution in [0.25, 0.3) is 0 Å². The van der Waals surface area contributed by atoms with Crippen molar-refractivity contribution in [1.29, 1.82) is 0 Å². The van der Waals surface area contributed by atoms with Crippen LogP contribution < -0.4 is 0 Å². The average molecular weight is 423 g/mol. The van der Waals surface area contributed by atoms with Crippen molar-refractivity contribution in [2.45, 2.75) is 24.3 Å². The number of benzene rings is 1. The molecule has 0 spiro atoms. The van der Waals surface area contributed by atoms with Crippen LogP contribution in [0.1, 0.15) is 27.2 Å². The van der Waals surface area contributed by atoms with Gasteiger partial charge >= 0.3 is 6.18 Å². The van der Waals surface area contributed by atoms with Crippen molar-refractivity contribution in [3.63, 3.8) is 0 Å². The van der Waals surface area contributed by atoms with E-state index in [1.165, 1.54) is 6.07 Å². The Morgan fingerprint density at radius 3 is 2.48 bits per heavy atom. The molecule has 0 aliphatic rings. The molecule has 112 valence electrons. The zero-order chi connectivity index (χ0) is 15.6. The van der Waals surface area contributed by atoms with E-state index in [2.05, 4.69) is 36.8 Å². The third kappa shape index (κ3) is 4.30. The second kappa shape index (κ2) is 6.48. The van der Waals surface area contributed by atoms with Gasteiger partial charge in [-0.25, -0.2) is 0 Å². The first-order valence-electron chi connectivity index (χ1n) is 6.19. The number of nitrogens with zero attached hydrogens (tertiary/aromatic N) is 1. The summed E-state index contributed by atoms with van der Waals surface area (Å²) in [6.07, 6.45) is -2.28. The molecule has 6 heteroatoms. The molecular formula is C15H12Br2F3N. The molecule has 21 heavy (non-hydrogen) atoms. The minimum absolute atomic E-state index is 0.216. The van der Waals surface area contributed by atoms with E-state index < -0.39 is 16.6 Å². The lowest BCUT2D eigenvalue weighted by Crippen LogP contribution is -2.11. The van der Waals surface area contributed by atoms with Gasteiger partial charge in [-0.05, 0) is 36.2 Å². The normalized spacial score (nSPS) is 13.2. The fraction of sp³-hybridized carbons (Fsp3) is 0.267. The average Bonchev–Trinajstić information content (AvgIpc) is 2.40. The highest BCUT2D eigenvalue weighted by Crippen LogP contribution is 2.39. The van der Waals surface area contributed by atoms with Crippen LogP contribution >= 0.6 is 31.9 Å². The van der Waals surface area contributed by atoms with Crippen LogP contribution in [0.5, 0.6) is 0 Å². The van der Waals surface area contributed by atoms with Crippen LogP contribution in [-0.4, -0.2) is 4.98 Å². The van der Waals surface area contributed by atoms with Gasteiger partial charge in [0.05, 0.1) is 5.56 Å². The van der Waals surface area contributed by atoms with E-state index in [0.29, 0.717) is 10.9 Å². The Hall–Kier alpha value is -0.880. The third-order valence-corrected chi connectivity index (χ3v) is 4.33. The highest BCUT2D eigenvalue weighted by molar-refractivity contribution is 9.10. The molecule has 0 bridgehead atoms. The predicted molar refractivity (Wildman–Crippen MR) is 83.5 cm³/mol. The summed E-state index contributed by atoms with van der Waals surface area (Å²) >= 11 is 6.44. The molecule has 0 aliphatic carbocycles. The Kier molecular flexibility index (Phi) is 5.09. The zero-order valence-corrected chi connectivity index (χ0v) is 14.3. The number of rotatable bonds is 3. The van der Waals surface area contributed by atoms with Gasteiger partial charge in [0.1, 0.15) is 0 Å². The summed E-state index contributed by atoms with van der Waals surface area (Å²) in [5.41, 5.74) is 1.35. The first-order chi connectivity index (χ1) is 9.77. The highest BCUT2D eigenvalue weighted by atomic mass is 79.9. The summed E-state index contributed by atoms with van der Waals surface area (Å²) in [7, 11) is 0. The van der Waals surface area contributed by atoms with Crippen molar-refractivity contribution in [3.05, 3.63) is 63.4 Å². The molecule has 0 aliphatic heterocycles. The van der Waals surface area contributed by atoms with Gasteiger partial charge in [-0.3, -0.25) is 4.98 Å². The Balaban J connectivity index is 2.30. The lowest BCUT2D eigenvalue weighted by atomic mass is 10.0. The standard InChI is InChI=1S/C15H12Br2F3N/c1-9-2-4-11(21-8-9)7-14(17)12-5-3-10(16)6-13(12)15(18,19)20/h2-6,8,14H,7H2,1H3. The molecule has 2 aromatic rings. The fourth-order valence-corrected chi connectivity index (χ4v) is 3.05. The highest BCUT2D eigenvalue weighted by Gasteiger charge is 2.35. The first-order valence-corrected chi connectivity index (χ1v) is 7.90. The van der Waals surface area contributed by atoms with Gasteiger partial charge in [-0.1, -0.05) is 44.0 Å². The Morgan fingerprint density at radius 2 is 1.90 bits per heavy atom. The molecule has 1 nitrogen and oxygen atoms in total. The number of aromatic nitrogens is 1. The van der Waals surface area contributed by atoms with Crippen molar-refractivity contribution in [2.75, 3.05) is 0 Å². The van der Waals surface area contributed by atoms with E-state index in [4.69, 9.17) is 0 Å². The van der Waals surface area contributed by atoms with E-state index in [1.807, 2.05) is 19.1 Å². The first kappa shape index (κ1) is 16.5. The lowest BCUT2D eigenvalue weighted by Gasteiger charge is -2.17. The Labute approximate surface area is 137 Å². The van der Waals surface area contributed by atoms with Crippen molar-refractivity contribution in [2.24, 2.45) is 0 Å². The molecule has 0 amide bonds. The molecule has 1 atom stereocenters. The number of alkyl halides is 4. The maximum absolute atomic E-state index is 13.1. The van der Waals surface area contributed by atoms with Crippen LogP contribution in [0.2, 0.25) is 0 Å². The van der Waals surface area contributed by atoms with Crippen LogP contribution in [0.15, 0.2) is 41.0 Å². The van der Waals surface area contributed by atoms with Crippen molar-refractivity contribution in [3.8, 4) is 0 Å². The number of halogens is 5. The van der Waals surface area contributed by atoms with Gasteiger partial charge in [0.2, 0.25) is 0 Å². The minimum Gasteiger partial charge on any atom is -0.261 e. The van der Waals surface area contributed by atoms with Gasteiger partial charge in [0.25, 0.3) is 0 Å². The largest absolute Gasteiger partial charge is 0.416 e. The molecule has 0 fully saturated rings. The van der Waals surface area contributed by atoms with E-state index in [0.717, 1.165) is 17.3 Å². The van der Waals surface area contributed by atoms with Gasteiger partial charge < -0.3 is 0 Å². The molecule has 0 saturated carbocycles. The second-order valence-corrected chi connectivity index (χ2v) is 6.75. The molecule has 0 N–H and O–H groups in total. The van der Waals surface area contributed by atoms with Gasteiger partial charge in [0, 0.05) is 27.6 Å². The molecule has 1 aromatic heterocycles. The predicted octanol–water partition coefficient (Wildman–Crippen LogP) is 5.85. The number of hydrogen-bond acceptors (Lipinski definition) is 1. The molecule has 1 aromatic carbocycles. The topological polar surface area (TPSA) is 12.9 Å². The van der Waals surface area contributed by atoms with E-state index in [9.17, 15) is 13.2 Å². The summed E-state index contributed by atoms with van der Waals surface area (Å²) in [6.45, 7) is 1.92. The summed E-state index contributed by atoms with van der Waals surface area (Å²) < 4.78 is 39.8. The maximum atomic E-state index is 13.1. The van der Waals surface area contributed by atoms with E-state index >= 15 is 0 Å². The second-order valence-electron chi connectivity index (χ2n) is 4.73. The Morgan fingerprint density at radius 1 is 1.19 bits per heavy atom. The fourth-order valence-electron chi connectivity index (χ4n) is 1.96. The summed E-state index contributed by atoms with van der Waals surface area (Å²) in [5, 5.41) is 0. The van der Waals surface area contributed by atoms with Crippen molar-refractivity contribution < 1.29 is 13.2 Å². The maximum Gasteiger partial charge on any atom is 0.416 e. The third-order valence-electron chi connectivity index (χ3n) is 3.02. The molecular weight excluding hydrogens is 411 g/mol. The quantitative estimate of drug-likeness (QED) is 0.565. The number of pyridine rings is 1. The summed E-state index contributed by atoms with van der Waals surface area (Å²) in [5.74, 6) is 0. The Bertz CT molecular complexity index is 624. The smallest absolute Gasteiger partial charge is 0.261 e. The van der Waals surface area contributed by atoms with Crippen molar-refractivity contribution in [1.82, 2.24) is 4.98 Å². The summed E-state index contributed by atoms with van der Waals surface area (Å²) in [6, 6.07) is 7.93. The number of hydrogen-bond donors (Lipinski definition) is 0. The molecule has 1 unspecified atom stereocenters. The molecule has 2 rings (SSSR count). The van der Waals surface area contributed by atoms with E-state index in [1.54, 1.807) is 12.3 Å². The van der Waals surface area contributed by atoms with Crippen molar-refractivity contribution >= 4 is 31.9 Å². The van der Waals surface area contributed by atoms with Gasteiger partial charge in [-0.15, -0.1) is 0 Å². The van der Waals surface area contributed by atoms with E-state index in [-0.39, 0.29) is 5.56 Å². The van der Waals surface area contributed by atoms with Crippen LogP contribution in [0.4, 0.5) is 13.2 Å². The van der Waals surface area contributed by atoms with Gasteiger partial charge in [0.15, 0.2) is 0 Å². The molecule has 1 heterocycles. The monoisotopic (exact) mass is 421 g/mol. The van der Waals surface area contributed by atoms with Crippen LogP contribution in [-0.2, 0) is 12.6 Å². The lowest BCUT2D eigenvalue weighted by molar-refractivity contribution is -0.138. The zero-order valence-electron chi connectivity index (χ0n) is 11.1. The SMILES string of the molecule is Cc1ccc(CC(Br)c2ccc(Br)cc2C(F)(F)F)nc1.